The van der Waals surface area contributed by atoms with Gasteiger partial charge in [-0.3, -0.25) is 11.3 Å². The van der Waals surface area contributed by atoms with E-state index in [1.807, 2.05) is 38.1 Å². The SMILES string of the molecule is Cc1ccc(OCC(C)NN)cc1. The maximum atomic E-state index is 5.47. The number of benzene rings is 1. The molecule has 1 unspecified atom stereocenters. The molecular weight excluding hydrogens is 164 g/mol. The molecule has 0 aliphatic carbocycles. The van der Waals surface area contributed by atoms with Gasteiger partial charge in [0.25, 0.3) is 0 Å². The minimum atomic E-state index is 0.168. The fourth-order valence-corrected chi connectivity index (χ4v) is 0.904. The first kappa shape index (κ1) is 10.0. The smallest absolute Gasteiger partial charge is 0.119 e. The Morgan fingerprint density at radius 3 is 2.54 bits per heavy atom. The van der Waals surface area contributed by atoms with E-state index in [1.54, 1.807) is 0 Å². The van der Waals surface area contributed by atoms with Gasteiger partial charge in [-0.1, -0.05) is 17.7 Å². The lowest BCUT2D eigenvalue weighted by Crippen LogP contribution is -2.36. The molecule has 13 heavy (non-hydrogen) atoms. The molecule has 1 atom stereocenters. The number of aryl methyl sites for hydroxylation is 1. The van der Waals surface area contributed by atoms with Crippen molar-refractivity contribution in [3.63, 3.8) is 0 Å². The van der Waals surface area contributed by atoms with E-state index in [-0.39, 0.29) is 6.04 Å². The molecule has 0 aliphatic heterocycles. The average Bonchev–Trinajstić information content (AvgIpc) is 2.16. The molecule has 3 N–H and O–H groups in total. The minimum absolute atomic E-state index is 0.168. The molecule has 0 aromatic heterocycles. The largest absolute Gasteiger partial charge is 0.492 e. The lowest BCUT2D eigenvalue weighted by Gasteiger charge is -2.11. The molecule has 0 saturated carbocycles. The van der Waals surface area contributed by atoms with Crippen LogP contribution < -0.4 is 16.0 Å². The van der Waals surface area contributed by atoms with Crippen LogP contribution >= 0.6 is 0 Å². The number of hydrogen-bond acceptors (Lipinski definition) is 3. The lowest BCUT2D eigenvalue weighted by atomic mass is 10.2. The first-order valence-electron chi connectivity index (χ1n) is 4.38. The van der Waals surface area contributed by atoms with Crippen LogP contribution in [0.25, 0.3) is 0 Å². The van der Waals surface area contributed by atoms with Gasteiger partial charge in [-0.25, -0.2) is 0 Å². The number of nitrogens with one attached hydrogen (secondary N) is 1. The summed E-state index contributed by atoms with van der Waals surface area (Å²) in [5, 5.41) is 0. The van der Waals surface area contributed by atoms with Crippen molar-refractivity contribution in [2.24, 2.45) is 5.84 Å². The van der Waals surface area contributed by atoms with Crippen LogP contribution in [0.3, 0.4) is 0 Å². The molecule has 3 nitrogen and oxygen atoms in total. The Labute approximate surface area is 78.9 Å². The third-order valence-electron chi connectivity index (χ3n) is 1.81. The van der Waals surface area contributed by atoms with E-state index in [0.717, 1.165) is 5.75 Å². The first-order chi connectivity index (χ1) is 6.22. The van der Waals surface area contributed by atoms with Crippen molar-refractivity contribution in [1.29, 1.82) is 0 Å². The quantitative estimate of drug-likeness (QED) is 0.541. The summed E-state index contributed by atoms with van der Waals surface area (Å²) in [6, 6.07) is 8.13. The van der Waals surface area contributed by atoms with Gasteiger partial charge in [0, 0.05) is 0 Å². The molecule has 0 saturated heterocycles. The van der Waals surface area contributed by atoms with Gasteiger partial charge >= 0.3 is 0 Å². The van der Waals surface area contributed by atoms with Crippen LogP contribution in [0.5, 0.6) is 5.75 Å². The summed E-state index contributed by atoms with van der Waals surface area (Å²) in [4.78, 5) is 0. The van der Waals surface area contributed by atoms with Crippen molar-refractivity contribution in [2.75, 3.05) is 6.61 Å². The third-order valence-corrected chi connectivity index (χ3v) is 1.81. The van der Waals surface area contributed by atoms with Crippen molar-refractivity contribution in [1.82, 2.24) is 5.43 Å². The zero-order chi connectivity index (χ0) is 9.68. The summed E-state index contributed by atoms with van der Waals surface area (Å²) in [6.45, 7) is 4.60. The Kier molecular flexibility index (Phi) is 3.73. The van der Waals surface area contributed by atoms with E-state index in [4.69, 9.17) is 10.6 Å². The van der Waals surface area contributed by atoms with Crippen LogP contribution in [0.1, 0.15) is 12.5 Å². The van der Waals surface area contributed by atoms with Gasteiger partial charge in [-0.05, 0) is 26.0 Å². The van der Waals surface area contributed by atoms with E-state index in [2.05, 4.69) is 5.43 Å². The second-order valence-electron chi connectivity index (χ2n) is 3.19. The van der Waals surface area contributed by atoms with Gasteiger partial charge in [0.05, 0.1) is 6.04 Å². The maximum absolute atomic E-state index is 5.47. The highest BCUT2D eigenvalue weighted by molar-refractivity contribution is 5.26. The predicted molar refractivity (Wildman–Crippen MR) is 53.5 cm³/mol. The average molecular weight is 180 g/mol. The van der Waals surface area contributed by atoms with Crippen molar-refractivity contribution in [3.05, 3.63) is 29.8 Å². The topological polar surface area (TPSA) is 47.3 Å². The van der Waals surface area contributed by atoms with Gasteiger partial charge in [0.2, 0.25) is 0 Å². The van der Waals surface area contributed by atoms with Crippen molar-refractivity contribution < 1.29 is 4.74 Å². The normalized spacial score (nSPS) is 12.5. The summed E-state index contributed by atoms with van der Waals surface area (Å²) in [7, 11) is 0. The fraction of sp³-hybridized carbons (Fsp3) is 0.400. The van der Waals surface area contributed by atoms with Gasteiger partial charge in [0.15, 0.2) is 0 Å². The number of hydrazine groups is 1. The van der Waals surface area contributed by atoms with Gasteiger partial charge < -0.3 is 4.74 Å². The Bertz CT molecular complexity index is 246. The number of nitrogens with two attached hydrogens (primary N) is 1. The van der Waals surface area contributed by atoms with Crippen molar-refractivity contribution in [3.8, 4) is 5.75 Å². The highest BCUT2D eigenvalue weighted by Gasteiger charge is 1.98. The first-order valence-corrected chi connectivity index (χ1v) is 4.38. The Morgan fingerprint density at radius 1 is 1.38 bits per heavy atom. The molecule has 0 aliphatic rings. The molecule has 72 valence electrons. The van der Waals surface area contributed by atoms with Crippen LogP contribution in [0.2, 0.25) is 0 Å². The van der Waals surface area contributed by atoms with E-state index >= 15 is 0 Å². The van der Waals surface area contributed by atoms with E-state index in [1.165, 1.54) is 5.56 Å². The maximum Gasteiger partial charge on any atom is 0.119 e. The molecule has 1 aromatic rings. The highest BCUT2D eigenvalue weighted by atomic mass is 16.5. The van der Waals surface area contributed by atoms with Gasteiger partial charge in [0.1, 0.15) is 12.4 Å². The molecule has 0 radical (unpaired) electrons. The summed E-state index contributed by atoms with van der Waals surface area (Å²) < 4.78 is 5.47. The van der Waals surface area contributed by atoms with Crippen molar-refractivity contribution in [2.45, 2.75) is 19.9 Å². The molecule has 3 heteroatoms. The minimum Gasteiger partial charge on any atom is -0.492 e. The van der Waals surface area contributed by atoms with Gasteiger partial charge in [-0.2, -0.15) is 0 Å². The summed E-state index contributed by atoms with van der Waals surface area (Å²) in [6.07, 6.45) is 0. The van der Waals surface area contributed by atoms with Crippen LogP contribution in [-0.2, 0) is 0 Å². The summed E-state index contributed by atoms with van der Waals surface area (Å²) in [5.74, 6) is 6.11. The molecule has 0 heterocycles. The second-order valence-corrected chi connectivity index (χ2v) is 3.19. The van der Waals surface area contributed by atoms with Gasteiger partial charge in [-0.15, -0.1) is 0 Å². The monoisotopic (exact) mass is 180 g/mol. The number of ether oxygens (including phenoxy) is 1. The second kappa shape index (κ2) is 4.84. The van der Waals surface area contributed by atoms with Crippen LogP contribution in [0, 0.1) is 6.92 Å². The number of hydrogen-bond donors (Lipinski definition) is 2. The van der Waals surface area contributed by atoms with Crippen LogP contribution in [0.15, 0.2) is 24.3 Å². The Balaban J connectivity index is 2.41. The summed E-state index contributed by atoms with van der Waals surface area (Å²) >= 11 is 0. The number of rotatable bonds is 4. The van der Waals surface area contributed by atoms with Crippen LogP contribution in [-0.4, -0.2) is 12.6 Å². The fourth-order valence-electron chi connectivity index (χ4n) is 0.904. The Hall–Kier alpha value is -1.06. The molecule has 1 rings (SSSR count). The third kappa shape index (κ3) is 3.44. The summed E-state index contributed by atoms with van der Waals surface area (Å²) in [5.41, 5.74) is 3.86. The zero-order valence-electron chi connectivity index (χ0n) is 8.08. The Morgan fingerprint density at radius 2 is 2.00 bits per heavy atom. The van der Waals surface area contributed by atoms with E-state index in [0.29, 0.717) is 6.61 Å². The van der Waals surface area contributed by atoms with E-state index < -0.39 is 0 Å². The molecule has 0 amide bonds. The molecule has 0 spiro atoms. The predicted octanol–water partition coefficient (Wildman–Crippen LogP) is 1.23. The van der Waals surface area contributed by atoms with E-state index in [9.17, 15) is 0 Å². The molecule has 0 bridgehead atoms. The van der Waals surface area contributed by atoms with Crippen molar-refractivity contribution >= 4 is 0 Å². The highest BCUT2D eigenvalue weighted by Crippen LogP contribution is 2.11. The molecular formula is C10H16N2O. The lowest BCUT2D eigenvalue weighted by molar-refractivity contribution is 0.274. The zero-order valence-corrected chi connectivity index (χ0v) is 8.08. The molecule has 1 aromatic carbocycles. The van der Waals surface area contributed by atoms with Crippen LogP contribution in [0.4, 0.5) is 0 Å². The molecule has 0 fully saturated rings. The standard InChI is InChI=1S/C10H16N2O/c1-8-3-5-10(6-4-8)13-7-9(2)12-11/h3-6,9,12H,7,11H2,1-2H3.